The normalized spacial score (nSPS) is 15.5. The lowest BCUT2D eigenvalue weighted by molar-refractivity contribution is -0.138. The summed E-state index contributed by atoms with van der Waals surface area (Å²) < 4.78 is 47.9. The molecule has 1 unspecified atom stereocenters. The number of halogens is 3. The van der Waals surface area contributed by atoms with E-state index in [2.05, 4.69) is 15.1 Å². The SMILES string of the molecule is COc1cc(/C=C/c2nc3n(n2)CCC3c2ccccc2C(F)(F)F)ccc1-c1ccnc(C)c1. The van der Waals surface area contributed by atoms with Crippen LogP contribution in [0.25, 0.3) is 23.3 Å². The van der Waals surface area contributed by atoms with Crippen LogP contribution in [0.5, 0.6) is 5.75 Å². The first kappa shape index (κ1) is 22.8. The highest BCUT2D eigenvalue weighted by atomic mass is 19.4. The number of alkyl halides is 3. The Labute approximate surface area is 200 Å². The molecular formula is C27H23F3N4O. The predicted octanol–water partition coefficient (Wildman–Crippen LogP) is 6.38. The van der Waals surface area contributed by atoms with Crippen molar-refractivity contribution in [3.05, 3.63) is 94.8 Å². The van der Waals surface area contributed by atoms with E-state index in [4.69, 9.17) is 4.74 Å². The second kappa shape index (κ2) is 9.02. The quantitative estimate of drug-likeness (QED) is 0.335. The van der Waals surface area contributed by atoms with Gasteiger partial charge >= 0.3 is 6.18 Å². The Kier molecular flexibility index (Phi) is 5.88. The molecule has 8 heteroatoms. The fourth-order valence-corrected chi connectivity index (χ4v) is 4.53. The molecule has 5 rings (SSSR count). The van der Waals surface area contributed by atoms with E-state index < -0.39 is 17.7 Å². The fourth-order valence-electron chi connectivity index (χ4n) is 4.53. The highest BCUT2D eigenvalue weighted by Crippen LogP contribution is 2.40. The smallest absolute Gasteiger partial charge is 0.416 e. The van der Waals surface area contributed by atoms with Crippen molar-refractivity contribution in [3.8, 4) is 16.9 Å². The van der Waals surface area contributed by atoms with Gasteiger partial charge in [-0.15, -0.1) is 0 Å². The van der Waals surface area contributed by atoms with Crippen molar-refractivity contribution in [3.63, 3.8) is 0 Å². The Bertz CT molecular complexity index is 1410. The lowest BCUT2D eigenvalue weighted by Crippen LogP contribution is -2.12. The fraction of sp³-hybridized carbons (Fsp3) is 0.222. The number of nitrogens with zero attached hydrogens (tertiary/aromatic N) is 4. The van der Waals surface area contributed by atoms with E-state index in [-0.39, 0.29) is 5.56 Å². The summed E-state index contributed by atoms with van der Waals surface area (Å²) in [7, 11) is 1.63. The molecule has 0 amide bonds. The molecule has 1 aliphatic heterocycles. The van der Waals surface area contributed by atoms with Gasteiger partial charge in [0.1, 0.15) is 11.6 Å². The third kappa shape index (κ3) is 4.56. The number of methoxy groups -OCH3 is 1. The molecule has 0 spiro atoms. The summed E-state index contributed by atoms with van der Waals surface area (Å²) in [5.41, 5.74) is 3.42. The van der Waals surface area contributed by atoms with E-state index in [0.29, 0.717) is 24.6 Å². The summed E-state index contributed by atoms with van der Waals surface area (Å²) >= 11 is 0. The summed E-state index contributed by atoms with van der Waals surface area (Å²) in [6.07, 6.45) is 1.53. The lowest BCUT2D eigenvalue weighted by Gasteiger charge is -2.16. The van der Waals surface area contributed by atoms with Crippen molar-refractivity contribution >= 4 is 12.2 Å². The van der Waals surface area contributed by atoms with Crippen LogP contribution in [0.2, 0.25) is 0 Å². The minimum atomic E-state index is -4.41. The standard InChI is InChI=1S/C27H23F3N4O/c1-17-15-19(11-13-31-17)20-9-7-18(16-24(20)35-2)8-10-25-32-26-22(12-14-34(26)33-25)21-5-3-4-6-23(21)27(28,29)30/h3-11,13,15-16,22H,12,14H2,1-2H3/b10-8+. The number of aryl methyl sites for hydroxylation is 2. The zero-order valence-corrected chi connectivity index (χ0v) is 19.3. The van der Waals surface area contributed by atoms with Crippen molar-refractivity contribution in [2.45, 2.75) is 32.0 Å². The van der Waals surface area contributed by atoms with Gasteiger partial charge in [-0.1, -0.05) is 36.4 Å². The average Bonchev–Trinajstić information content (AvgIpc) is 3.42. The van der Waals surface area contributed by atoms with Gasteiger partial charge in [-0.25, -0.2) is 9.67 Å². The maximum atomic E-state index is 13.5. The molecule has 0 radical (unpaired) electrons. The van der Waals surface area contributed by atoms with E-state index in [9.17, 15) is 13.2 Å². The van der Waals surface area contributed by atoms with Gasteiger partial charge in [-0.2, -0.15) is 18.3 Å². The van der Waals surface area contributed by atoms with Crippen LogP contribution in [0.15, 0.2) is 60.8 Å². The van der Waals surface area contributed by atoms with Gasteiger partial charge in [-0.3, -0.25) is 4.98 Å². The van der Waals surface area contributed by atoms with Gasteiger partial charge in [-0.05, 0) is 60.4 Å². The Balaban J connectivity index is 1.41. The van der Waals surface area contributed by atoms with Crippen LogP contribution < -0.4 is 4.74 Å². The number of rotatable bonds is 5. The van der Waals surface area contributed by atoms with E-state index in [1.807, 2.05) is 43.3 Å². The van der Waals surface area contributed by atoms with Gasteiger partial charge in [0.15, 0.2) is 5.82 Å². The Morgan fingerprint density at radius 1 is 1.06 bits per heavy atom. The molecular weight excluding hydrogens is 453 g/mol. The molecule has 4 aromatic rings. The largest absolute Gasteiger partial charge is 0.496 e. The van der Waals surface area contributed by atoms with Crippen molar-refractivity contribution in [2.75, 3.05) is 7.11 Å². The predicted molar refractivity (Wildman–Crippen MR) is 128 cm³/mol. The molecule has 3 heterocycles. The topological polar surface area (TPSA) is 52.8 Å². The molecule has 0 aliphatic carbocycles. The molecule has 1 atom stereocenters. The molecule has 0 fully saturated rings. The number of hydrogen-bond donors (Lipinski definition) is 0. The monoisotopic (exact) mass is 476 g/mol. The first-order valence-electron chi connectivity index (χ1n) is 11.2. The number of pyridine rings is 1. The first-order chi connectivity index (χ1) is 16.8. The van der Waals surface area contributed by atoms with Crippen LogP contribution in [0.3, 0.4) is 0 Å². The molecule has 0 saturated heterocycles. The van der Waals surface area contributed by atoms with Crippen molar-refractivity contribution < 1.29 is 17.9 Å². The van der Waals surface area contributed by atoms with Crippen LogP contribution in [0.1, 0.15) is 46.4 Å². The van der Waals surface area contributed by atoms with Crippen LogP contribution in [0.4, 0.5) is 13.2 Å². The number of benzene rings is 2. The highest BCUT2D eigenvalue weighted by Gasteiger charge is 2.38. The minimum Gasteiger partial charge on any atom is -0.496 e. The number of hydrogen-bond acceptors (Lipinski definition) is 4. The average molecular weight is 477 g/mol. The number of ether oxygens (including phenoxy) is 1. The zero-order chi connectivity index (χ0) is 24.6. The second-order valence-corrected chi connectivity index (χ2v) is 8.46. The molecule has 0 saturated carbocycles. The maximum Gasteiger partial charge on any atom is 0.416 e. The molecule has 35 heavy (non-hydrogen) atoms. The summed E-state index contributed by atoms with van der Waals surface area (Å²) in [5.74, 6) is 1.30. The molecule has 0 N–H and O–H groups in total. The summed E-state index contributed by atoms with van der Waals surface area (Å²) in [6, 6.07) is 15.5. The third-order valence-electron chi connectivity index (χ3n) is 6.16. The molecule has 2 aromatic carbocycles. The summed E-state index contributed by atoms with van der Waals surface area (Å²) in [4.78, 5) is 8.80. The third-order valence-corrected chi connectivity index (χ3v) is 6.16. The van der Waals surface area contributed by atoms with Crippen LogP contribution in [0, 0.1) is 6.92 Å². The minimum absolute atomic E-state index is 0.244. The molecule has 178 valence electrons. The molecule has 2 aromatic heterocycles. The summed E-state index contributed by atoms with van der Waals surface area (Å²) in [6.45, 7) is 2.47. The van der Waals surface area contributed by atoms with Crippen molar-refractivity contribution in [2.24, 2.45) is 0 Å². The Morgan fingerprint density at radius 2 is 1.89 bits per heavy atom. The van der Waals surface area contributed by atoms with E-state index in [0.717, 1.165) is 34.2 Å². The maximum absolute atomic E-state index is 13.5. The Hall–Kier alpha value is -3.94. The van der Waals surface area contributed by atoms with Gasteiger partial charge in [0.2, 0.25) is 0 Å². The van der Waals surface area contributed by atoms with Gasteiger partial charge in [0, 0.05) is 29.9 Å². The van der Waals surface area contributed by atoms with E-state index >= 15 is 0 Å². The van der Waals surface area contributed by atoms with Crippen LogP contribution in [-0.2, 0) is 12.7 Å². The molecule has 0 bridgehead atoms. The second-order valence-electron chi connectivity index (χ2n) is 8.46. The summed E-state index contributed by atoms with van der Waals surface area (Å²) in [5, 5.41) is 4.49. The van der Waals surface area contributed by atoms with E-state index in [1.165, 1.54) is 12.1 Å². The zero-order valence-electron chi connectivity index (χ0n) is 19.3. The highest BCUT2D eigenvalue weighted by molar-refractivity contribution is 5.75. The molecule has 5 nitrogen and oxygen atoms in total. The van der Waals surface area contributed by atoms with Crippen LogP contribution >= 0.6 is 0 Å². The van der Waals surface area contributed by atoms with Crippen molar-refractivity contribution in [1.29, 1.82) is 0 Å². The van der Waals surface area contributed by atoms with E-state index in [1.54, 1.807) is 30.1 Å². The lowest BCUT2D eigenvalue weighted by atomic mass is 9.92. The number of aromatic nitrogens is 4. The van der Waals surface area contributed by atoms with Gasteiger partial charge < -0.3 is 4.74 Å². The van der Waals surface area contributed by atoms with Crippen LogP contribution in [-0.4, -0.2) is 26.9 Å². The van der Waals surface area contributed by atoms with Gasteiger partial charge in [0.05, 0.1) is 12.7 Å². The van der Waals surface area contributed by atoms with Gasteiger partial charge in [0.25, 0.3) is 0 Å². The van der Waals surface area contributed by atoms with Crippen molar-refractivity contribution in [1.82, 2.24) is 19.7 Å². The molecule has 1 aliphatic rings. The first-order valence-corrected chi connectivity index (χ1v) is 11.2. The Morgan fingerprint density at radius 3 is 2.66 bits per heavy atom. The number of fused-ring (bicyclic) bond motifs is 1.